The molecule has 0 saturated heterocycles. The molecule has 0 aliphatic heterocycles. The molecule has 10 nitrogen and oxygen atoms in total. The molecule has 0 heterocycles. The van der Waals surface area contributed by atoms with Gasteiger partial charge in [0.05, 0.1) is 13.2 Å². The quantitative estimate of drug-likeness (QED) is 0.259. The first-order valence-corrected chi connectivity index (χ1v) is 9.06. The molecule has 3 unspecified atom stereocenters. The van der Waals surface area contributed by atoms with E-state index in [4.69, 9.17) is 19.3 Å². The van der Waals surface area contributed by atoms with E-state index in [2.05, 4.69) is 5.32 Å². The van der Waals surface area contributed by atoms with Gasteiger partial charge in [-0.1, -0.05) is 26.0 Å². The van der Waals surface area contributed by atoms with Crippen molar-refractivity contribution in [2.45, 2.75) is 44.3 Å². The summed E-state index contributed by atoms with van der Waals surface area (Å²) in [6.07, 6.45) is -3.83. The highest BCUT2D eigenvalue weighted by molar-refractivity contribution is 5.83. The Kier molecular flexibility index (Phi) is 9.99. The number of rotatable bonds is 14. The second-order valence-corrected chi connectivity index (χ2v) is 6.82. The third-order valence-corrected chi connectivity index (χ3v) is 3.90. The van der Waals surface area contributed by atoms with Crippen molar-refractivity contribution in [1.29, 1.82) is 0 Å². The van der Waals surface area contributed by atoms with Gasteiger partial charge in [-0.05, 0) is 24.1 Å². The molecule has 0 amide bonds. The smallest absolute Gasteiger partial charge is 0.336 e. The Balaban J connectivity index is 2.89. The standard InChI is InChI=1S/C19H29NO9/c1-12(2)20-10-19(26,29-16(18(24)25)15(21)17(22)23)11-28-14-6-4-13(5-7-14)8-9-27-3/h4-7,12,15-16,20-21,26H,8-11H2,1-3H3,(H,22,23)(H,24,25). The van der Waals surface area contributed by atoms with Crippen LogP contribution in [-0.4, -0.2) is 83.3 Å². The van der Waals surface area contributed by atoms with Crippen LogP contribution in [0.15, 0.2) is 24.3 Å². The summed E-state index contributed by atoms with van der Waals surface area (Å²) in [4.78, 5) is 22.3. The summed E-state index contributed by atoms with van der Waals surface area (Å²) in [5.41, 5.74) is 1.02. The molecule has 0 aromatic heterocycles. The molecule has 0 saturated carbocycles. The first-order valence-electron chi connectivity index (χ1n) is 9.06. The van der Waals surface area contributed by atoms with Crippen LogP contribution < -0.4 is 10.1 Å². The minimum atomic E-state index is -2.36. The minimum Gasteiger partial charge on any atom is -0.488 e. The Hall–Kier alpha value is -2.24. The largest absolute Gasteiger partial charge is 0.488 e. The summed E-state index contributed by atoms with van der Waals surface area (Å²) in [6, 6.07) is 6.88. The van der Waals surface area contributed by atoms with Gasteiger partial charge in [0.15, 0.2) is 12.2 Å². The summed E-state index contributed by atoms with van der Waals surface area (Å²) in [5, 5.41) is 41.3. The molecule has 0 spiro atoms. The molecule has 0 aliphatic carbocycles. The zero-order valence-electron chi connectivity index (χ0n) is 16.7. The zero-order valence-corrected chi connectivity index (χ0v) is 16.7. The Morgan fingerprint density at radius 3 is 2.24 bits per heavy atom. The maximum absolute atomic E-state index is 11.3. The van der Waals surface area contributed by atoms with Crippen molar-refractivity contribution in [3.8, 4) is 5.75 Å². The van der Waals surface area contributed by atoms with Crippen LogP contribution in [-0.2, 0) is 25.5 Å². The van der Waals surface area contributed by atoms with Gasteiger partial charge in [-0.25, -0.2) is 9.59 Å². The number of hydrogen-bond acceptors (Lipinski definition) is 8. The van der Waals surface area contributed by atoms with Crippen LogP contribution in [0.1, 0.15) is 19.4 Å². The van der Waals surface area contributed by atoms with Crippen LogP contribution in [0.4, 0.5) is 0 Å². The SMILES string of the molecule is COCCc1ccc(OCC(O)(CNC(C)C)OC(C(=O)O)C(O)C(=O)O)cc1. The maximum atomic E-state index is 11.3. The average molecular weight is 415 g/mol. The minimum absolute atomic E-state index is 0.0853. The van der Waals surface area contributed by atoms with Gasteiger partial charge >= 0.3 is 11.9 Å². The molecule has 3 atom stereocenters. The number of benzene rings is 1. The van der Waals surface area contributed by atoms with Crippen LogP contribution >= 0.6 is 0 Å². The number of carboxylic acids is 2. The van der Waals surface area contributed by atoms with Gasteiger partial charge in [0.2, 0.25) is 5.79 Å². The predicted octanol–water partition coefficient (Wildman–Crippen LogP) is -0.144. The number of aliphatic hydroxyl groups excluding tert-OH is 1. The summed E-state index contributed by atoms with van der Waals surface area (Å²) in [5.74, 6) is -5.34. The van der Waals surface area contributed by atoms with Crippen molar-refractivity contribution in [3.05, 3.63) is 29.8 Å². The topological polar surface area (TPSA) is 155 Å². The first-order chi connectivity index (χ1) is 13.6. The van der Waals surface area contributed by atoms with Crippen molar-refractivity contribution in [3.63, 3.8) is 0 Å². The Bertz CT molecular complexity index is 650. The van der Waals surface area contributed by atoms with Crippen LogP contribution in [0.3, 0.4) is 0 Å². The number of methoxy groups -OCH3 is 1. The molecule has 29 heavy (non-hydrogen) atoms. The Morgan fingerprint density at radius 1 is 1.14 bits per heavy atom. The van der Waals surface area contributed by atoms with E-state index >= 15 is 0 Å². The number of carboxylic acid groups (broad SMARTS) is 2. The summed E-state index contributed by atoms with van der Waals surface area (Å²) in [6.45, 7) is 3.39. The van der Waals surface area contributed by atoms with Crippen LogP contribution in [0.5, 0.6) is 5.75 Å². The van der Waals surface area contributed by atoms with Crippen LogP contribution in [0, 0.1) is 0 Å². The van der Waals surface area contributed by atoms with Gasteiger partial charge in [-0.2, -0.15) is 0 Å². The second-order valence-electron chi connectivity index (χ2n) is 6.82. The number of ether oxygens (including phenoxy) is 3. The highest BCUT2D eigenvalue weighted by Crippen LogP contribution is 2.18. The highest BCUT2D eigenvalue weighted by Gasteiger charge is 2.41. The van der Waals surface area contributed by atoms with E-state index in [1.165, 1.54) is 0 Å². The van der Waals surface area contributed by atoms with Crippen molar-refractivity contribution in [2.75, 3.05) is 26.9 Å². The van der Waals surface area contributed by atoms with Gasteiger partial charge in [-0.3, -0.25) is 0 Å². The van der Waals surface area contributed by atoms with Gasteiger partial charge in [0.25, 0.3) is 0 Å². The second kappa shape index (κ2) is 11.7. The van der Waals surface area contributed by atoms with E-state index in [0.29, 0.717) is 12.4 Å². The molecule has 0 fully saturated rings. The number of carbonyl (C=O) groups is 2. The Morgan fingerprint density at radius 2 is 1.76 bits per heavy atom. The predicted molar refractivity (Wildman–Crippen MR) is 102 cm³/mol. The fourth-order valence-electron chi connectivity index (χ4n) is 2.27. The zero-order chi connectivity index (χ0) is 22.0. The highest BCUT2D eigenvalue weighted by atomic mass is 16.7. The lowest BCUT2D eigenvalue weighted by molar-refractivity contribution is -0.256. The molecule has 1 rings (SSSR count). The van der Waals surface area contributed by atoms with E-state index in [1.54, 1.807) is 33.1 Å². The normalized spacial score (nSPS) is 15.5. The number of nitrogens with one attached hydrogen (secondary N) is 1. The number of aliphatic hydroxyl groups is 2. The van der Waals surface area contributed by atoms with Crippen LogP contribution in [0.2, 0.25) is 0 Å². The van der Waals surface area contributed by atoms with E-state index in [9.17, 15) is 24.9 Å². The first kappa shape index (κ1) is 24.8. The Labute approximate surface area is 169 Å². The molecule has 164 valence electrons. The lowest BCUT2D eigenvalue weighted by atomic mass is 10.1. The molecular weight excluding hydrogens is 386 g/mol. The monoisotopic (exact) mass is 415 g/mol. The van der Waals surface area contributed by atoms with Crippen molar-refractivity contribution < 1.29 is 44.2 Å². The van der Waals surface area contributed by atoms with Crippen LogP contribution in [0.25, 0.3) is 0 Å². The van der Waals surface area contributed by atoms with Gasteiger partial charge in [0.1, 0.15) is 12.4 Å². The molecular formula is C19H29NO9. The molecule has 0 aliphatic rings. The molecule has 10 heteroatoms. The number of aliphatic carboxylic acids is 2. The fourth-order valence-corrected chi connectivity index (χ4v) is 2.27. The van der Waals surface area contributed by atoms with E-state index in [1.807, 2.05) is 12.1 Å². The summed E-state index contributed by atoms with van der Waals surface area (Å²) >= 11 is 0. The van der Waals surface area contributed by atoms with Crippen molar-refractivity contribution in [2.24, 2.45) is 0 Å². The van der Waals surface area contributed by atoms with E-state index in [0.717, 1.165) is 12.0 Å². The van der Waals surface area contributed by atoms with Gasteiger partial charge in [0, 0.05) is 13.2 Å². The van der Waals surface area contributed by atoms with E-state index in [-0.39, 0.29) is 12.6 Å². The fraction of sp³-hybridized carbons (Fsp3) is 0.579. The molecule has 1 aromatic rings. The summed E-state index contributed by atoms with van der Waals surface area (Å²) < 4.78 is 15.6. The molecule has 0 radical (unpaired) electrons. The molecule has 0 bridgehead atoms. The lowest BCUT2D eigenvalue weighted by Gasteiger charge is -2.32. The van der Waals surface area contributed by atoms with Gasteiger partial charge in [-0.15, -0.1) is 0 Å². The number of hydrogen-bond donors (Lipinski definition) is 5. The third-order valence-electron chi connectivity index (χ3n) is 3.90. The average Bonchev–Trinajstić information content (AvgIpc) is 2.67. The molecule has 5 N–H and O–H groups in total. The van der Waals surface area contributed by atoms with Crippen molar-refractivity contribution in [1.82, 2.24) is 5.32 Å². The van der Waals surface area contributed by atoms with Crippen molar-refractivity contribution >= 4 is 11.9 Å². The molecule has 1 aromatic carbocycles. The third kappa shape index (κ3) is 8.75. The van der Waals surface area contributed by atoms with E-state index < -0.39 is 36.5 Å². The lowest BCUT2D eigenvalue weighted by Crippen LogP contribution is -2.55. The van der Waals surface area contributed by atoms with Gasteiger partial charge < -0.3 is 40.0 Å². The summed E-state index contributed by atoms with van der Waals surface area (Å²) in [7, 11) is 1.61. The maximum Gasteiger partial charge on any atom is 0.336 e.